The molecule has 0 aliphatic heterocycles. The van der Waals surface area contributed by atoms with E-state index in [2.05, 4.69) is 13.2 Å². The van der Waals surface area contributed by atoms with Gasteiger partial charge in [0.25, 0.3) is 0 Å². The number of hydrogen-bond acceptors (Lipinski definition) is 2. The molecule has 59 valence electrons. The first-order chi connectivity index (χ1) is 5.36. The predicted octanol–water partition coefficient (Wildman–Crippen LogP) is 2.62. The van der Waals surface area contributed by atoms with Crippen molar-refractivity contribution in [1.82, 2.24) is 0 Å². The summed E-state index contributed by atoms with van der Waals surface area (Å²) in [5, 5.41) is 0. The van der Waals surface area contributed by atoms with Gasteiger partial charge < -0.3 is 4.74 Å². The first-order valence-corrected chi connectivity index (χ1v) is 4.65. The van der Waals surface area contributed by atoms with Gasteiger partial charge in [0, 0.05) is 4.90 Å². The predicted molar refractivity (Wildman–Crippen MR) is 49.1 cm³/mol. The Morgan fingerprint density at radius 1 is 1.36 bits per heavy atom. The fourth-order valence-electron chi connectivity index (χ4n) is 0.790. The third-order valence-corrected chi connectivity index (χ3v) is 2.07. The third-order valence-electron chi connectivity index (χ3n) is 1.33. The van der Waals surface area contributed by atoms with Crippen LogP contribution in [0.4, 0.5) is 0 Å². The molecule has 0 heterocycles. The molecule has 11 heavy (non-hydrogen) atoms. The highest BCUT2D eigenvalue weighted by Gasteiger charge is 1.91. The zero-order chi connectivity index (χ0) is 8.10. The van der Waals surface area contributed by atoms with Gasteiger partial charge in [-0.15, -0.1) is 11.8 Å². The number of ether oxygens (including phenoxy) is 1. The molecule has 2 heteroatoms. The highest BCUT2D eigenvalue weighted by atomic mass is 32.2. The number of rotatable bonds is 3. The van der Waals surface area contributed by atoms with Gasteiger partial charge in [-0.05, 0) is 37.4 Å². The summed E-state index contributed by atoms with van der Waals surface area (Å²) in [5.41, 5.74) is 0. The second kappa shape index (κ2) is 4.29. The highest BCUT2D eigenvalue weighted by molar-refractivity contribution is 7.98. The Labute approximate surface area is 71.8 Å². The molecule has 0 aliphatic carbocycles. The molecule has 0 bridgehead atoms. The van der Waals surface area contributed by atoms with Crippen molar-refractivity contribution in [3.8, 4) is 5.75 Å². The zero-order valence-electron chi connectivity index (χ0n) is 6.54. The lowest BCUT2D eigenvalue weighted by Gasteiger charge is -2.02. The van der Waals surface area contributed by atoms with Crippen LogP contribution in [0.1, 0.15) is 0 Å². The first-order valence-electron chi connectivity index (χ1n) is 3.43. The standard InChI is InChI=1S/C9H11OS/c1-3-10-8-4-6-9(11-2)7-5-8/h4-7H,1,3H2,2H3. The van der Waals surface area contributed by atoms with Gasteiger partial charge in [0.05, 0.1) is 6.61 Å². The molecule has 0 aromatic heterocycles. The molecule has 1 nitrogen and oxygen atoms in total. The molecule has 0 spiro atoms. The molecule has 0 aliphatic rings. The summed E-state index contributed by atoms with van der Waals surface area (Å²) in [6.07, 6.45) is 2.05. The maximum absolute atomic E-state index is 5.18. The van der Waals surface area contributed by atoms with Crippen LogP contribution in [0.15, 0.2) is 29.2 Å². The molecule has 0 atom stereocenters. The average molecular weight is 167 g/mol. The lowest BCUT2D eigenvalue weighted by atomic mass is 10.3. The molecule has 1 rings (SSSR count). The Morgan fingerprint density at radius 3 is 2.45 bits per heavy atom. The molecule has 1 aromatic rings. The van der Waals surface area contributed by atoms with Gasteiger partial charge in [-0.25, -0.2) is 0 Å². The summed E-state index contributed by atoms with van der Waals surface area (Å²) >= 11 is 1.72. The van der Waals surface area contributed by atoms with Crippen molar-refractivity contribution >= 4 is 11.8 Å². The van der Waals surface area contributed by atoms with E-state index in [1.54, 1.807) is 11.8 Å². The van der Waals surface area contributed by atoms with Crippen molar-refractivity contribution in [2.75, 3.05) is 12.9 Å². The van der Waals surface area contributed by atoms with Crippen molar-refractivity contribution in [3.05, 3.63) is 31.2 Å². The van der Waals surface area contributed by atoms with Gasteiger partial charge in [0.2, 0.25) is 0 Å². The molecular formula is C9H11OS. The van der Waals surface area contributed by atoms with Crippen LogP contribution in [0, 0.1) is 6.92 Å². The fourth-order valence-corrected chi connectivity index (χ4v) is 1.20. The van der Waals surface area contributed by atoms with E-state index in [1.807, 2.05) is 24.3 Å². The summed E-state index contributed by atoms with van der Waals surface area (Å²) in [7, 11) is 0. The quantitative estimate of drug-likeness (QED) is 0.640. The van der Waals surface area contributed by atoms with Crippen LogP contribution in [0.2, 0.25) is 0 Å². The highest BCUT2D eigenvalue weighted by Crippen LogP contribution is 2.18. The van der Waals surface area contributed by atoms with E-state index >= 15 is 0 Å². The van der Waals surface area contributed by atoms with Crippen LogP contribution in [-0.4, -0.2) is 12.9 Å². The van der Waals surface area contributed by atoms with Crippen LogP contribution in [0.5, 0.6) is 5.75 Å². The van der Waals surface area contributed by atoms with Crippen LogP contribution < -0.4 is 4.74 Å². The minimum absolute atomic E-state index is 0.485. The van der Waals surface area contributed by atoms with Gasteiger partial charge in [0.15, 0.2) is 0 Å². The molecular weight excluding hydrogens is 156 g/mol. The molecule has 0 N–H and O–H groups in total. The molecule has 1 radical (unpaired) electrons. The van der Waals surface area contributed by atoms with E-state index in [0.717, 1.165) is 5.75 Å². The monoisotopic (exact) mass is 167 g/mol. The minimum atomic E-state index is 0.485. The van der Waals surface area contributed by atoms with Gasteiger partial charge in [-0.2, -0.15) is 0 Å². The van der Waals surface area contributed by atoms with Crippen LogP contribution in [-0.2, 0) is 0 Å². The molecule has 0 saturated carbocycles. The lowest BCUT2D eigenvalue weighted by molar-refractivity contribution is 0.361. The first kappa shape index (κ1) is 8.47. The van der Waals surface area contributed by atoms with E-state index in [4.69, 9.17) is 4.74 Å². The molecule has 0 saturated heterocycles. The Balaban J connectivity index is 2.66. The topological polar surface area (TPSA) is 9.23 Å². The summed E-state index contributed by atoms with van der Waals surface area (Å²) in [6.45, 7) is 4.08. The van der Waals surface area contributed by atoms with E-state index in [9.17, 15) is 0 Å². The second-order valence-corrected chi connectivity index (χ2v) is 2.90. The van der Waals surface area contributed by atoms with Crippen molar-refractivity contribution in [2.24, 2.45) is 0 Å². The van der Waals surface area contributed by atoms with Crippen molar-refractivity contribution in [1.29, 1.82) is 0 Å². The van der Waals surface area contributed by atoms with Crippen molar-refractivity contribution in [3.63, 3.8) is 0 Å². The molecule has 0 fully saturated rings. The number of benzene rings is 1. The Kier molecular flexibility index (Phi) is 3.30. The SMILES string of the molecule is [CH2]COc1ccc(SC)cc1. The fraction of sp³-hybridized carbons (Fsp3) is 0.222. The maximum atomic E-state index is 5.18. The smallest absolute Gasteiger partial charge is 0.119 e. The average Bonchev–Trinajstić information content (AvgIpc) is 2.07. The minimum Gasteiger partial charge on any atom is -0.494 e. The number of hydrogen-bond donors (Lipinski definition) is 0. The summed E-state index contributed by atoms with van der Waals surface area (Å²) in [5.74, 6) is 0.887. The summed E-state index contributed by atoms with van der Waals surface area (Å²) < 4.78 is 5.18. The van der Waals surface area contributed by atoms with Crippen LogP contribution in [0.3, 0.4) is 0 Å². The Bertz CT molecular complexity index is 205. The van der Waals surface area contributed by atoms with Crippen molar-refractivity contribution < 1.29 is 4.74 Å². The molecule has 0 amide bonds. The largest absolute Gasteiger partial charge is 0.494 e. The van der Waals surface area contributed by atoms with Crippen molar-refractivity contribution in [2.45, 2.75) is 4.90 Å². The van der Waals surface area contributed by atoms with E-state index in [-0.39, 0.29) is 0 Å². The van der Waals surface area contributed by atoms with Gasteiger partial charge in [0.1, 0.15) is 5.75 Å². The van der Waals surface area contributed by atoms with Crippen LogP contribution >= 0.6 is 11.8 Å². The van der Waals surface area contributed by atoms with Gasteiger partial charge in [-0.1, -0.05) is 0 Å². The van der Waals surface area contributed by atoms with E-state index in [0.29, 0.717) is 6.61 Å². The second-order valence-electron chi connectivity index (χ2n) is 2.02. The zero-order valence-corrected chi connectivity index (χ0v) is 7.36. The Hall–Kier alpha value is -0.630. The third kappa shape index (κ3) is 2.46. The normalized spacial score (nSPS) is 9.64. The lowest BCUT2D eigenvalue weighted by Crippen LogP contribution is -1.90. The Morgan fingerprint density at radius 2 is 2.00 bits per heavy atom. The summed E-state index contributed by atoms with van der Waals surface area (Å²) in [4.78, 5) is 1.25. The number of thioether (sulfide) groups is 1. The van der Waals surface area contributed by atoms with E-state index < -0.39 is 0 Å². The molecule has 0 unspecified atom stereocenters. The van der Waals surface area contributed by atoms with Gasteiger partial charge >= 0.3 is 0 Å². The van der Waals surface area contributed by atoms with Gasteiger partial charge in [-0.3, -0.25) is 0 Å². The van der Waals surface area contributed by atoms with E-state index in [1.165, 1.54) is 4.90 Å². The maximum Gasteiger partial charge on any atom is 0.119 e. The summed E-state index contributed by atoms with van der Waals surface area (Å²) in [6, 6.07) is 7.99. The molecule has 1 aromatic carbocycles. The van der Waals surface area contributed by atoms with Crippen LogP contribution in [0.25, 0.3) is 0 Å².